The van der Waals surface area contributed by atoms with Crippen molar-refractivity contribution in [1.29, 1.82) is 0 Å². The quantitative estimate of drug-likeness (QED) is 0.546. The number of aliphatic hydroxyl groups excluding tert-OH is 2. The van der Waals surface area contributed by atoms with Crippen LogP contribution in [0.25, 0.3) is 0 Å². The van der Waals surface area contributed by atoms with Gasteiger partial charge in [-0.05, 0) is 12.3 Å². The van der Waals surface area contributed by atoms with Gasteiger partial charge in [0.15, 0.2) is 0 Å². The van der Waals surface area contributed by atoms with Crippen molar-refractivity contribution in [3.05, 3.63) is 12.7 Å². The van der Waals surface area contributed by atoms with E-state index in [0.29, 0.717) is 0 Å². The zero-order valence-corrected chi connectivity index (χ0v) is 5.75. The Labute approximate surface area is 55.8 Å². The molecule has 54 valence electrons. The Balaban J connectivity index is 3.44. The number of hydrogen-bond donors (Lipinski definition) is 2. The highest BCUT2D eigenvalue weighted by Crippen LogP contribution is 2.06. The first-order valence-corrected chi connectivity index (χ1v) is 3.12. The summed E-state index contributed by atoms with van der Waals surface area (Å²) in [5, 5.41) is 17.4. The molecule has 0 aliphatic carbocycles. The van der Waals surface area contributed by atoms with Gasteiger partial charge in [0.2, 0.25) is 0 Å². The van der Waals surface area contributed by atoms with Gasteiger partial charge in [0, 0.05) is 0 Å². The van der Waals surface area contributed by atoms with Crippen molar-refractivity contribution >= 4 is 0 Å². The van der Waals surface area contributed by atoms with Gasteiger partial charge >= 0.3 is 0 Å². The van der Waals surface area contributed by atoms with Crippen LogP contribution >= 0.6 is 0 Å². The third kappa shape index (κ3) is 3.27. The second kappa shape index (κ2) is 4.53. The summed E-state index contributed by atoms with van der Waals surface area (Å²) in [5.41, 5.74) is 0. The molecule has 0 bridgehead atoms. The first-order chi connectivity index (χ1) is 4.22. The summed E-state index contributed by atoms with van der Waals surface area (Å²) in [4.78, 5) is 0. The second-order valence-electron chi connectivity index (χ2n) is 2.25. The molecule has 0 radical (unpaired) electrons. The molecular weight excluding hydrogens is 116 g/mol. The summed E-state index contributed by atoms with van der Waals surface area (Å²) in [6.07, 6.45) is 1.90. The van der Waals surface area contributed by atoms with Gasteiger partial charge in [-0.25, -0.2) is 0 Å². The molecule has 0 spiro atoms. The molecular formula is C7H14O2. The first-order valence-electron chi connectivity index (χ1n) is 3.12. The van der Waals surface area contributed by atoms with E-state index in [2.05, 4.69) is 6.58 Å². The van der Waals surface area contributed by atoms with E-state index in [0.717, 1.165) is 6.42 Å². The van der Waals surface area contributed by atoms with E-state index in [1.807, 2.05) is 6.92 Å². The second-order valence-corrected chi connectivity index (χ2v) is 2.25. The summed E-state index contributed by atoms with van der Waals surface area (Å²) in [7, 11) is 0. The van der Waals surface area contributed by atoms with E-state index < -0.39 is 6.10 Å². The molecule has 0 aromatic heterocycles. The van der Waals surface area contributed by atoms with E-state index in [1.54, 1.807) is 6.08 Å². The average Bonchev–Trinajstić information content (AvgIpc) is 1.87. The minimum Gasteiger partial charge on any atom is -0.394 e. The minimum atomic E-state index is -0.594. The van der Waals surface area contributed by atoms with Crippen LogP contribution in [0, 0.1) is 5.92 Å². The molecule has 0 rings (SSSR count). The Morgan fingerprint density at radius 2 is 2.22 bits per heavy atom. The van der Waals surface area contributed by atoms with Crippen LogP contribution < -0.4 is 0 Å². The van der Waals surface area contributed by atoms with Crippen LogP contribution in [0.3, 0.4) is 0 Å². The highest BCUT2D eigenvalue weighted by molar-refractivity contribution is 4.74. The minimum absolute atomic E-state index is 0.118. The highest BCUT2D eigenvalue weighted by atomic mass is 16.3. The fraction of sp³-hybridized carbons (Fsp3) is 0.714. The molecule has 0 aromatic carbocycles. The van der Waals surface area contributed by atoms with Crippen molar-refractivity contribution in [3.8, 4) is 0 Å². The summed E-state index contributed by atoms with van der Waals surface area (Å²) in [6.45, 7) is 5.24. The Morgan fingerprint density at radius 3 is 2.56 bits per heavy atom. The molecule has 0 amide bonds. The SMILES string of the molecule is C=CCC(C)C(O)CO. The van der Waals surface area contributed by atoms with Crippen molar-refractivity contribution in [2.45, 2.75) is 19.4 Å². The third-order valence-electron chi connectivity index (χ3n) is 1.38. The van der Waals surface area contributed by atoms with Gasteiger partial charge in [0.05, 0.1) is 12.7 Å². The molecule has 0 aliphatic rings. The number of aliphatic hydroxyl groups is 2. The zero-order valence-electron chi connectivity index (χ0n) is 5.75. The van der Waals surface area contributed by atoms with Crippen LogP contribution in [0.4, 0.5) is 0 Å². The molecule has 0 aromatic rings. The summed E-state index contributed by atoms with van der Waals surface area (Å²) >= 11 is 0. The van der Waals surface area contributed by atoms with Crippen molar-refractivity contribution < 1.29 is 10.2 Å². The molecule has 0 saturated carbocycles. The number of hydrogen-bond acceptors (Lipinski definition) is 2. The fourth-order valence-electron chi connectivity index (χ4n) is 0.600. The van der Waals surface area contributed by atoms with Gasteiger partial charge in [-0.3, -0.25) is 0 Å². The fourth-order valence-corrected chi connectivity index (χ4v) is 0.600. The van der Waals surface area contributed by atoms with Crippen LogP contribution in [0.5, 0.6) is 0 Å². The maximum absolute atomic E-state index is 8.96. The summed E-state index contributed by atoms with van der Waals surface area (Å²) in [5.74, 6) is 0.118. The topological polar surface area (TPSA) is 40.5 Å². The molecule has 2 heteroatoms. The molecule has 0 heterocycles. The van der Waals surface area contributed by atoms with Crippen LogP contribution in [0.15, 0.2) is 12.7 Å². The average molecular weight is 130 g/mol. The van der Waals surface area contributed by atoms with Gasteiger partial charge in [-0.2, -0.15) is 0 Å². The lowest BCUT2D eigenvalue weighted by molar-refractivity contribution is 0.0544. The van der Waals surface area contributed by atoms with Crippen LogP contribution in [-0.2, 0) is 0 Å². The predicted molar refractivity (Wildman–Crippen MR) is 37.1 cm³/mol. The van der Waals surface area contributed by atoms with Crippen molar-refractivity contribution in [2.75, 3.05) is 6.61 Å². The normalized spacial score (nSPS) is 16.8. The predicted octanol–water partition coefficient (Wildman–Crippen LogP) is 0.552. The van der Waals surface area contributed by atoms with Crippen LogP contribution in [-0.4, -0.2) is 22.9 Å². The van der Waals surface area contributed by atoms with E-state index in [-0.39, 0.29) is 12.5 Å². The van der Waals surface area contributed by atoms with E-state index >= 15 is 0 Å². The maximum atomic E-state index is 8.96. The molecule has 9 heavy (non-hydrogen) atoms. The van der Waals surface area contributed by atoms with Crippen LogP contribution in [0.1, 0.15) is 13.3 Å². The van der Waals surface area contributed by atoms with Gasteiger partial charge in [0.25, 0.3) is 0 Å². The van der Waals surface area contributed by atoms with E-state index in [1.165, 1.54) is 0 Å². The Bertz CT molecular complexity index is 81.0. The molecule has 0 aliphatic heterocycles. The van der Waals surface area contributed by atoms with Gasteiger partial charge < -0.3 is 10.2 Å². The summed E-state index contributed by atoms with van der Waals surface area (Å²) in [6, 6.07) is 0. The van der Waals surface area contributed by atoms with Crippen molar-refractivity contribution in [3.63, 3.8) is 0 Å². The Hall–Kier alpha value is -0.340. The van der Waals surface area contributed by atoms with Crippen molar-refractivity contribution in [1.82, 2.24) is 0 Å². The molecule has 0 saturated heterocycles. The van der Waals surface area contributed by atoms with Gasteiger partial charge in [0.1, 0.15) is 0 Å². The standard InChI is InChI=1S/C7H14O2/c1-3-4-6(2)7(9)5-8/h3,6-9H,1,4-5H2,2H3. The third-order valence-corrected chi connectivity index (χ3v) is 1.38. The molecule has 2 unspecified atom stereocenters. The molecule has 2 atom stereocenters. The number of rotatable bonds is 4. The van der Waals surface area contributed by atoms with Crippen molar-refractivity contribution in [2.24, 2.45) is 5.92 Å². The maximum Gasteiger partial charge on any atom is 0.0799 e. The van der Waals surface area contributed by atoms with Gasteiger partial charge in [-0.1, -0.05) is 13.0 Å². The molecule has 0 fully saturated rings. The summed E-state index contributed by atoms with van der Waals surface area (Å²) < 4.78 is 0. The Morgan fingerprint density at radius 1 is 1.67 bits per heavy atom. The molecule has 2 nitrogen and oxygen atoms in total. The lowest BCUT2D eigenvalue weighted by Gasteiger charge is -2.13. The largest absolute Gasteiger partial charge is 0.394 e. The zero-order chi connectivity index (χ0) is 7.28. The lowest BCUT2D eigenvalue weighted by Crippen LogP contribution is -2.20. The Kier molecular flexibility index (Phi) is 4.36. The molecule has 2 N–H and O–H groups in total. The van der Waals surface area contributed by atoms with E-state index in [4.69, 9.17) is 10.2 Å². The smallest absolute Gasteiger partial charge is 0.0799 e. The van der Waals surface area contributed by atoms with Gasteiger partial charge in [-0.15, -0.1) is 6.58 Å². The lowest BCUT2D eigenvalue weighted by atomic mass is 10.0. The highest BCUT2D eigenvalue weighted by Gasteiger charge is 2.09. The monoisotopic (exact) mass is 130 g/mol. The number of allylic oxidation sites excluding steroid dienone is 1. The van der Waals surface area contributed by atoms with Crippen LogP contribution in [0.2, 0.25) is 0 Å². The first kappa shape index (κ1) is 8.66. The van der Waals surface area contributed by atoms with E-state index in [9.17, 15) is 0 Å².